The van der Waals surface area contributed by atoms with E-state index >= 15 is 0 Å². The number of morpholine rings is 1. The topological polar surface area (TPSA) is 46.0 Å². The molecule has 4 heterocycles. The molecule has 5 nitrogen and oxygen atoms in total. The second-order valence-electron chi connectivity index (χ2n) is 8.44. The number of aromatic nitrogens is 1. The van der Waals surface area contributed by atoms with Gasteiger partial charge in [0.1, 0.15) is 5.82 Å². The number of aryl methyl sites for hydroxylation is 1. The first-order chi connectivity index (χ1) is 14.6. The molecular weight excluding hydrogens is 381 g/mol. The number of halogens is 1. The molecule has 3 aromatic rings. The Morgan fingerprint density at radius 2 is 1.87 bits per heavy atom. The first kappa shape index (κ1) is 19.3. The first-order valence-electron chi connectivity index (χ1n) is 10.5. The second-order valence-corrected chi connectivity index (χ2v) is 8.44. The van der Waals surface area contributed by atoms with Gasteiger partial charge < -0.3 is 14.5 Å². The predicted octanol–water partition coefficient (Wildman–Crippen LogP) is 3.55. The predicted molar refractivity (Wildman–Crippen MR) is 113 cm³/mol. The van der Waals surface area contributed by atoms with Crippen molar-refractivity contribution < 1.29 is 13.9 Å². The summed E-state index contributed by atoms with van der Waals surface area (Å²) in [6.45, 7) is 4.12. The normalized spacial score (nSPS) is 24.1. The number of carbonyl (C=O) groups excluding carboxylic acids is 1. The zero-order valence-corrected chi connectivity index (χ0v) is 17.1. The molecule has 2 fully saturated rings. The third-order valence-electron chi connectivity index (χ3n) is 6.40. The zero-order chi connectivity index (χ0) is 20.7. The summed E-state index contributed by atoms with van der Waals surface area (Å²) < 4.78 is 21.1. The minimum atomic E-state index is -0.211. The minimum absolute atomic E-state index is 0.0113. The summed E-state index contributed by atoms with van der Waals surface area (Å²) >= 11 is 0. The molecule has 0 unspecified atom stereocenters. The van der Waals surface area contributed by atoms with Crippen molar-refractivity contribution in [1.82, 2.24) is 14.6 Å². The van der Waals surface area contributed by atoms with Gasteiger partial charge in [-0.3, -0.25) is 9.69 Å². The molecule has 1 amide bonds. The molecule has 0 radical (unpaired) electrons. The SMILES string of the molecule is Cc1cc(C(=O)N[C@H]2C[C@H]3COC[C@@H](C2)N3Cc2ccc(F)cc2)c2ccccn12. The van der Waals surface area contributed by atoms with E-state index < -0.39 is 0 Å². The molecule has 2 aliphatic heterocycles. The van der Waals surface area contributed by atoms with E-state index in [2.05, 4.69) is 10.2 Å². The lowest BCUT2D eigenvalue weighted by atomic mass is 9.89. The lowest BCUT2D eigenvalue weighted by molar-refractivity contribution is -0.0843. The maximum absolute atomic E-state index is 13.2. The van der Waals surface area contributed by atoms with E-state index in [0.717, 1.165) is 41.7 Å². The van der Waals surface area contributed by atoms with Gasteiger partial charge in [-0.2, -0.15) is 0 Å². The minimum Gasteiger partial charge on any atom is -0.378 e. The van der Waals surface area contributed by atoms with E-state index in [-0.39, 0.29) is 29.8 Å². The highest BCUT2D eigenvalue weighted by Crippen LogP contribution is 2.30. The fraction of sp³-hybridized carbons (Fsp3) is 0.375. The molecule has 2 aliphatic rings. The summed E-state index contributed by atoms with van der Waals surface area (Å²) in [5.74, 6) is -0.222. The third kappa shape index (κ3) is 3.61. The number of amides is 1. The molecule has 6 heteroatoms. The molecular formula is C24H26FN3O2. The van der Waals surface area contributed by atoms with Gasteiger partial charge in [-0.25, -0.2) is 4.39 Å². The molecule has 0 spiro atoms. The van der Waals surface area contributed by atoms with Crippen LogP contribution in [0.5, 0.6) is 0 Å². The fourth-order valence-electron chi connectivity index (χ4n) is 4.93. The van der Waals surface area contributed by atoms with Gasteiger partial charge in [0, 0.05) is 36.6 Å². The number of hydrogen-bond donors (Lipinski definition) is 1. The number of nitrogens with one attached hydrogen (secondary N) is 1. The Balaban J connectivity index is 1.29. The van der Waals surface area contributed by atoms with E-state index in [1.165, 1.54) is 12.1 Å². The van der Waals surface area contributed by atoms with E-state index in [4.69, 9.17) is 4.74 Å². The number of rotatable bonds is 4. The van der Waals surface area contributed by atoms with Crippen molar-refractivity contribution in [2.24, 2.45) is 0 Å². The lowest BCUT2D eigenvalue weighted by Crippen LogP contribution is -2.60. The first-order valence-corrected chi connectivity index (χ1v) is 10.5. The van der Waals surface area contributed by atoms with Gasteiger partial charge >= 0.3 is 0 Å². The average molecular weight is 407 g/mol. The van der Waals surface area contributed by atoms with Crippen LogP contribution < -0.4 is 5.32 Å². The van der Waals surface area contributed by atoms with Crippen molar-refractivity contribution in [3.8, 4) is 0 Å². The summed E-state index contributed by atoms with van der Waals surface area (Å²) in [5.41, 5.74) is 3.81. The van der Waals surface area contributed by atoms with Crippen molar-refractivity contribution in [3.05, 3.63) is 77.4 Å². The molecule has 30 heavy (non-hydrogen) atoms. The quantitative estimate of drug-likeness (QED) is 0.720. The van der Waals surface area contributed by atoms with Crippen LogP contribution in [-0.2, 0) is 11.3 Å². The van der Waals surface area contributed by atoms with E-state index in [0.29, 0.717) is 13.2 Å². The summed E-state index contributed by atoms with van der Waals surface area (Å²) in [7, 11) is 0. The van der Waals surface area contributed by atoms with Crippen LogP contribution in [0.3, 0.4) is 0 Å². The summed E-state index contributed by atoms with van der Waals surface area (Å²) in [5, 5.41) is 3.28. The summed E-state index contributed by atoms with van der Waals surface area (Å²) in [6.07, 6.45) is 3.69. The van der Waals surface area contributed by atoms with Gasteiger partial charge in [0.2, 0.25) is 0 Å². The van der Waals surface area contributed by atoms with Crippen molar-refractivity contribution in [3.63, 3.8) is 0 Å². The monoisotopic (exact) mass is 407 g/mol. The molecule has 0 aliphatic carbocycles. The number of pyridine rings is 1. The molecule has 2 bridgehead atoms. The van der Waals surface area contributed by atoms with E-state index in [1.807, 2.05) is 53.9 Å². The van der Waals surface area contributed by atoms with Gasteiger partial charge in [0.25, 0.3) is 5.91 Å². The highest BCUT2D eigenvalue weighted by molar-refractivity contribution is 6.01. The lowest BCUT2D eigenvalue weighted by Gasteiger charge is -2.48. The van der Waals surface area contributed by atoms with Crippen LogP contribution in [0.4, 0.5) is 4.39 Å². The molecule has 156 valence electrons. The maximum Gasteiger partial charge on any atom is 0.253 e. The standard InChI is InChI=1S/C24H26FN3O2/c1-16-10-22(23-4-2-3-9-27(16)23)24(29)26-19-11-20-14-30-15-21(12-19)28(20)13-17-5-7-18(25)8-6-17/h2-10,19-21H,11-15H2,1H3,(H,26,29)/t19-,20-,21+. The van der Waals surface area contributed by atoms with Crippen LogP contribution in [-0.4, -0.2) is 46.5 Å². The number of ether oxygens (including phenoxy) is 1. The maximum atomic E-state index is 13.2. The van der Waals surface area contributed by atoms with Crippen molar-refractivity contribution in [2.45, 2.75) is 44.4 Å². The number of hydrogen-bond acceptors (Lipinski definition) is 3. The van der Waals surface area contributed by atoms with Crippen LogP contribution in [0.15, 0.2) is 54.7 Å². The van der Waals surface area contributed by atoms with Gasteiger partial charge in [0.15, 0.2) is 0 Å². The zero-order valence-electron chi connectivity index (χ0n) is 17.1. The van der Waals surface area contributed by atoms with Crippen LogP contribution >= 0.6 is 0 Å². The van der Waals surface area contributed by atoms with Gasteiger partial charge in [-0.15, -0.1) is 0 Å². The second kappa shape index (κ2) is 7.85. The average Bonchev–Trinajstić information content (AvgIpc) is 3.07. The Labute approximate surface area is 175 Å². The summed E-state index contributed by atoms with van der Waals surface area (Å²) in [4.78, 5) is 15.5. The Morgan fingerprint density at radius 3 is 2.60 bits per heavy atom. The van der Waals surface area contributed by atoms with Crippen molar-refractivity contribution in [1.29, 1.82) is 0 Å². The highest BCUT2D eigenvalue weighted by Gasteiger charge is 2.39. The molecule has 1 N–H and O–H groups in total. The van der Waals surface area contributed by atoms with E-state index in [1.54, 1.807) is 0 Å². The third-order valence-corrected chi connectivity index (χ3v) is 6.40. The number of fused-ring (bicyclic) bond motifs is 3. The van der Waals surface area contributed by atoms with Crippen LogP contribution in [0, 0.1) is 12.7 Å². The number of benzene rings is 1. The molecule has 2 saturated heterocycles. The van der Waals surface area contributed by atoms with E-state index in [9.17, 15) is 9.18 Å². The van der Waals surface area contributed by atoms with Gasteiger partial charge in [0.05, 0.1) is 24.3 Å². The van der Waals surface area contributed by atoms with Gasteiger partial charge in [-0.05, 0) is 55.7 Å². The Morgan fingerprint density at radius 1 is 1.13 bits per heavy atom. The van der Waals surface area contributed by atoms with Crippen LogP contribution in [0.25, 0.3) is 5.52 Å². The largest absolute Gasteiger partial charge is 0.378 e. The fourth-order valence-corrected chi connectivity index (χ4v) is 4.93. The Kier molecular flexibility index (Phi) is 5.05. The molecule has 3 atom stereocenters. The van der Waals surface area contributed by atoms with Crippen LogP contribution in [0.1, 0.15) is 34.5 Å². The van der Waals surface area contributed by atoms with Crippen LogP contribution in [0.2, 0.25) is 0 Å². The smallest absolute Gasteiger partial charge is 0.253 e. The molecule has 0 saturated carbocycles. The molecule has 2 aromatic heterocycles. The Bertz CT molecular complexity index is 1050. The number of nitrogens with zero attached hydrogens (tertiary/aromatic N) is 2. The molecule has 1 aromatic carbocycles. The summed E-state index contributed by atoms with van der Waals surface area (Å²) in [6, 6.07) is 15.2. The number of carbonyl (C=O) groups is 1. The molecule has 5 rings (SSSR count). The Hall–Kier alpha value is -2.70. The van der Waals surface area contributed by atoms with Gasteiger partial charge in [-0.1, -0.05) is 18.2 Å². The van der Waals surface area contributed by atoms with Crippen molar-refractivity contribution >= 4 is 11.4 Å². The highest BCUT2D eigenvalue weighted by atomic mass is 19.1. The van der Waals surface area contributed by atoms with Crippen molar-refractivity contribution in [2.75, 3.05) is 13.2 Å². The number of piperidine rings is 1.